The topological polar surface area (TPSA) is 26.3 Å². The number of carbonyl (C=O) groups excluding carboxylic acids is 1. The van der Waals surface area contributed by atoms with E-state index in [1.54, 1.807) is 13.8 Å². The van der Waals surface area contributed by atoms with Gasteiger partial charge in [0.15, 0.2) is 0 Å². The van der Waals surface area contributed by atoms with E-state index in [2.05, 4.69) is 0 Å². The SMILES string of the molecule is CCOC(=O)/C(C)=C/c1ccc([B-](F)(F)F)cc1. The lowest BCUT2D eigenvalue weighted by atomic mass is 9.80. The number of ether oxygens (including phenoxy) is 1. The van der Waals surface area contributed by atoms with E-state index in [1.165, 1.54) is 18.2 Å². The van der Waals surface area contributed by atoms with Crippen LogP contribution in [0.25, 0.3) is 6.08 Å². The highest BCUT2D eigenvalue weighted by molar-refractivity contribution is 6.73. The Labute approximate surface area is 104 Å². The number of esters is 1. The molecule has 0 bridgehead atoms. The summed E-state index contributed by atoms with van der Waals surface area (Å²) >= 11 is 0. The molecule has 2 nitrogen and oxygen atoms in total. The van der Waals surface area contributed by atoms with Crippen LogP contribution < -0.4 is 5.46 Å². The van der Waals surface area contributed by atoms with E-state index < -0.39 is 18.4 Å². The molecule has 0 fully saturated rings. The highest BCUT2D eigenvalue weighted by atomic mass is 19.4. The van der Waals surface area contributed by atoms with Crippen molar-refractivity contribution in [3.63, 3.8) is 0 Å². The van der Waals surface area contributed by atoms with Gasteiger partial charge in [-0.2, -0.15) is 0 Å². The molecule has 0 aliphatic rings. The van der Waals surface area contributed by atoms with Crippen LogP contribution in [-0.2, 0) is 9.53 Å². The standard InChI is InChI=1S/C12H13BF3O2/c1-3-18-12(17)9(2)8-10-4-6-11(7-5-10)13(14,15)16/h4-8H,3H2,1-2H3/q-1/b9-8+. The molecule has 1 rings (SSSR count). The van der Waals surface area contributed by atoms with Crippen LogP contribution in [-0.4, -0.2) is 19.6 Å². The zero-order chi connectivity index (χ0) is 13.8. The smallest absolute Gasteiger partial charge is 0.463 e. The molecular weight excluding hydrogens is 244 g/mol. The van der Waals surface area contributed by atoms with Gasteiger partial charge in [-0.05, 0) is 25.5 Å². The summed E-state index contributed by atoms with van der Waals surface area (Å²) in [5.41, 5.74) is 0.229. The summed E-state index contributed by atoms with van der Waals surface area (Å²) in [5.74, 6) is -0.471. The third-order valence-corrected chi connectivity index (χ3v) is 2.30. The van der Waals surface area contributed by atoms with E-state index in [-0.39, 0.29) is 6.61 Å². The molecule has 0 aromatic heterocycles. The fraction of sp³-hybridized carbons (Fsp3) is 0.250. The Kier molecular flexibility index (Phi) is 4.58. The first-order valence-electron chi connectivity index (χ1n) is 5.50. The normalized spacial score (nSPS) is 12.4. The minimum absolute atomic E-state index is 0.263. The highest BCUT2D eigenvalue weighted by Gasteiger charge is 2.24. The van der Waals surface area contributed by atoms with Crippen molar-refractivity contribution < 1.29 is 22.5 Å². The fourth-order valence-corrected chi connectivity index (χ4v) is 1.36. The molecule has 0 N–H and O–H groups in total. The predicted octanol–water partition coefficient (Wildman–Crippen LogP) is 2.71. The minimum atomic E-state index is -4.98. The molecule has 0 spiro atoms. The molecule has 0 amide bonds. The quantitative estimate of drug-likeness (QED) is 0.471. The third-order valence-electron chi connectivity index (χ3n) is 2.30. The van der Waals surface area contributed by atoms with Gasteiger partial charge in [-0.1, -0.05) is 24.3 Å². The number of hydrogen-bond donors (Lipinski definition) is 0. The number of rotatable bonds is 4. The molecule has 0 heterocycles. The molecule has 98 valence electrons. The van der Waals surface area contributed by atoms with E-state index in [4.69, 9.17) is 4.74 Å². The Morgan fingerprint density at radius 1 is 1.28 bits per heavy atom. The lowest BCUT2D eigenvalue weighted by Crippen LogP contribution is -2.33. The van der Waals surface area contributed by atoms with Gasteiger partial charge in [0.2, 0.25) is 0 Å². The molecule has 0 atom stereocenters. The first-order valence-corrected chi connectivity index (χ1v) is 5.50. The monoisotopic (exact) mass is 257 g/mol. The molecule has 6 heteroatoms. The van der Waals surface area contributed by atoms with Gasteiger partial charge in [0.25, 0.3) is 0 Å². The van der Waals surface area contributed by atoms with Gasteiger partial charge >= 0.3 is 12.9 Å². The maximum atomic E-state index is 12.4. The van der Waals surface area contributed by atoms with Crippen molar-refractivity contribution in [2.45, 2.75) is 13.8 Å². The van der Waals surface area contributed by atoms with Crippen LogP contribution in [0.15, 0.2) is 29.8 Å². The molecule has 0 aliphatic heterocycles. The van der Waals surface area contributed by atoms with Crippen molar-refractivity contribution in [2.75, 3.05) is 6.61 Å². The summed E-state index contributed by atoms with van der Waals surface area (Å²) in [5, 5.41) is 0. The first kappa shape index (κ1) is 14.3. The van der Waals surface area contributed by atoms with Crippen molar-refractivity contribution in [1.82, 2.24) is 0 Å². The molecular formula is C12H13BF3O2-. The first-order chi connectivity index (χ1) is 8.34. The van der Waals surface area contributed by atoms with Gasteiger partial charge in [0.1, 0.15) is 0 Å². The molecule has 18 heavy (non-hydrogen) atoms. The van der Waals surface area contributed by atoms with Crippen molar-refractivity contribution in [2.24, 2.45) is 0 Å². The van der Waals surface area contributed by atoms with E-state index in [0.717, 1.165) is 12.1 Å². The Morgan fingerprint density at radius 3 is 2.28 bits per heavy atom. The molecule has 1 aromatic rings. The minimum Gasteiger partial charge on any atom is -0.463 e. The Morgan fingerprint density at radius 2 is 1.83 bits per heavy atom. The summed E-state index contributed by atoms with van der Waals surface area (Å²) in [4.78, 5) is 11.3. The van der Waals surface area contributed by atoms with E-state index >= 15 is 0 Å². The zero-order valence-corrected chi connectivity index (χ0v) is 10.1. The summed E-state index contributed by atoms with van der Waals surface area (Å²) < 4.78 is 41.9. The van der Waals surface area contributed by atoms with Crippen LogP contribution in [0.2, 0.25) is 0 Å². The number of hydrogen-bond acceptors (Lipinski definition) is 2. The van der Waals surface area contributed by atoms with Crippen molar-refractivity contribution in [1.29, 1.82) is 0 Å². The predicted molar refractivity (Wildman–Crippen MR) is 65.4 cm³/mol. The Balaban J connectivity index is 2.87. The van der Waals surface area contributed by atoms with E-state index in [0.29, 0.717) is 11.1 Å². The van der Waals surface area contributed by atoms with Crippen LogP contribution in [0, 0.1) is 0 Å². The van der Waals surface area contributed by atoms with E-state index in [1.807, 2.05) is 0 Å². The van der Waals surface area contributed by atoms with E-state index in [9.17, 15) is 17.7 Å². The molecule has 0 unspecified atom stereocenters. The van der Waals surface area contributed by atoms with Gasteiger partial charge in [-0.3, -0.25) is 0 Å². The van der Waals surface area contributed by atoms with Crippen molar-refractivity contribution in [3.05, 3.63) is 35.4 Å². The van der Waals surface area contributed by atoms with Gasteiger partial charge < -0.3 is 17.7 Å². The summed E-state index contributed by atoms with van der Waals surface area (Å²) in [6.07, 6.45) is 1.49. The number of carbonyl (C=O) groups is 1. The van der Waals surface area contributed by atoms with Crippen LogP contribution >= 0.6 is 0 Å². The summed E-state index contributed by atoms with van der Waals surface area (Å²) in [6.45, 7) is -1.47. The van der Waals surface area contributed by atoms with Gasteiger partial charge in [-0.15, -0.1) is 5.46 Å². The van der Waals surface area contributed by atoms with Crippen molar-refractivity contribution >= 4 is 24.5 Å². The summed E-state index contributed by atoms with van der Waals surface area (Å²) in [6, 6.07) is 4.66. The maximum Gasteiger partial charge on any atom is 0.509 e. The highest BCUT2D eigenvalue weighted by Crippen LogP contribution is 2.12. The summed E-state index contributed by atoms with van der Waals surface area (Å²) in [7, 11) is 0. The van der Waals surface area contributed by atoms with Crippen LogP contribution in [0.4, 0.5) is 12.9 Å². The van der Waals surface area contributed by atoms with Gasteiger partial charge in [-0.25, -0.2) is 4.79 Å². The Hall–Kier alpha value is -1.72. The van der Waals surface area contributed by atoms with Gasteiger partial charge in [0, 0.05) is 5.57 Å². The fourth-order valence-electron chi connectivity index (χ4n) is 1.36. The number of halogens is 3. The lowest BCUT2D eigenvalue weighted by Gasteiger charge is -2.14. The van der Waals surface area contributed by atoms with Crippen LogP contribution in [0.1, 0.15) is 19.4 Å². The molecule has 0 aliphatic carbocycles. The van der Waals surface area contributed by atoms with Gasteiger partial charge in [0.05, 0.1) is 6.61 Å². The van der Waals surface area contributed by atoms with Crippen LogP contribution in [0.3, 0.4) is 0 Å². The van der Waals surface area contributed by atoms with Crippen LogP contribution in [0.5, 0.6) is 0 Å². The largest absolute Gasteiger partial charge is 0.509 e. The Bertz CT molecular complexity index is 449. The second-order valence-electron chi connectivity index (χ2n) is 3.79. The maximum absolute atomic E-state index is 12.4. The third kappa shape index (κ3) is 3.94. The van der Waals surface area contributed by atoms with Crippen molar-refractivity contribution in [3.8, 4) is 0 Å². The average Bonchev–Trinajstić information content (AvgIpc) is 2.28. The molecule has 0 saturated carbocycles. The average molecular weight is 257 g/mol. The molecule has 1 aromatic carbocycles. The number of benzene rings is 1. The lowest BCUT2D eigenvalue weighted by molar-refractivity contribution is -0.138. The second-order valence-corrected chi connectivity index (χ2v) is 3.79. The second kappa shape index (κ2) is 5.75. The molecule has 0 radical (unpaired) electrons. The molecule has 0 saturated heterocycles. The zero-order valence-electron chi connectivity index (χ0n) is 10.1.